The van der Waals surface area contributed by atoms with Gasteiger partial charge in [0.1, 0.15) is 0 Å². The molecule has 4 heteroatoms. The molecule has 2 bridgehead atoms. The molecule has 106 valence electrons. The summed E-state index contributed by atoms with van der Waals surface area (Å²) in [6.07, 6.45) is 9.61. The summed E-state index contributed by atoms with van der Waals surface area (Å²) in [5.41, 5.74) is 0. The maximum Gasteiger partial charge on any atom is 0.241 e. The van der Waals surface area contributed by atoms with Gasteiger partial charge >= 0.3 is 0 Å². The summed E-state index contributed by atoms with van der Waals surface area (Å²) in [6, 6.07) is 0.332. The number of rotatable bonds is 2. The lowest BCUT2D eigenvalue weighted by molar-refractivity contribution is -0.134. The van der Waals surface area contributed by atoms with E-state index in [1.807, 2.05) is 6.92 Å². The van der Waals surface area contributed by atoms with Crippen LogP contribution in [0.1, 0.15) is 51.9 Å². The third-order valence-electron chi connectivity index (χ3n) is 5.62. The van der Waals surface area contributed by atoms with Gasteiger partial charge in [-0.05, 0) is 44.9 Å². The van der Waals surface area contributed by atoms with Crippen molar-refractivity contribution in [3.05, 3.63) is 0 Å². The molecule has 19 heavy (non-hydrogen) atoms. The summed E-state index contributed by atoms with van der Waals surface area (Å²) in [5, 5.41) is 3.55. The number of ether oxygens (including phenoxy) is 1. The first kappa shape index (κ1) is 12.2. The van der Waals surface area contributed by atoms with Crippen LogP contribution in [0.25, 0.3) is 0 Å². The molecule has 0 radical (unpaired) electrons. The molecule has 0 aromatic carbocycles. The van der Waals surface area contributed by atoms with Gasteiger partial charge in [-0.1, -0.05) is 12.8 Å². The van der Waals surface area contributed by atoms with Crippen LogP contribution in [-0.2, 0) is 9.53 Å². The Morgan fingerprint density at radius 1 is 1.21 bits per heavy atom. The predicted molar refractivity (Wildman–Crippen MR) is 71.5 cm³/mol. The van der Waals surface area contributed by atoms with Crippen LogP contribution in [0.3, 0.4) is 0 Å². The molecular weight excluding hydrogens is 240 g/mol. The van der Waals surface area contributed by atoms with E-state index in [0.29, 0.717) is 30.1 Å². The molecule has 1 saturated carbocycles. The zero-order chi connectivity index (χ0) is 13.0. The van der Waals surface area contributed by atoms with Crippen LogP contribution in [0.4, 0.5) is 0 Å². The fourth-order valence-electron chi connectivity index (χ4n) is 4.68. The van der Waals surface area contributed by atoms with Crippen molar-refractivity contribution in [3.8, 4) is 0 Å². The number of hydrogen-bond acceptors (Lipinski definition) is 3. The molecule has 3 saturated heterocycles. The number of hydrogen-bond donors (Lipinski definition) is 1. The van der Waals surface area contributed by atoms with Crippen LogP contribution in [0.5, 0.6) is 0 Å². The number of amides is 1. The van der Waals surface area contributed by atoms with Crippen LogP contribution in [0, 0.1) is 5.92 Å². The maximum atomic E-state index is 12.5. The highest BCUT2D eigenvalue weighted by molar-refractivity contribution is 5.84. The molecular formula is C15H24N2O2. The van der Waals surface area contributed by atoms with E-state index in [2.05, 4.69) is 10.2 Å². The van der Waals surface area contributed by atoms with E-state index in [0.717, 1.165) is 12.8 Å². The summed E-state index contributed by atoms with van der Waals surface area (Å²) >= 11 is 0. The second-order valence-corrected chi connectivity index (χ2v) is 6.80. The topological polar surface area (TPSA) is 41.6 Å². The second kappa shape index (κ2) is 4.45. The van der Waals surface area contributed by atoms with Crippen LogP contribution < -0.4 is 5.32 Å². The average Bonchev–Trinajstić information content (AvgIpc) is 3.14. The molecule has 5 atom stereocenters. The van der Waals surface area contributed by atoms with Gasteiger partial charge in [-0.3, -0.25) is 10.1 Å². The number of fused-ring (bicyclic) bond motifs is 2. The molecule has 3 heterocycles. The Labute approximate surface area is 114 Å². The third kappa shape index (κ3) is 1.83. The van der Waals surface area contributed by atoms with E-state index in [9.17, 15) is 4.79 Å². The lowest BCUT2D eigenvalue weighted by Crippen LogP contribution is -2.51. The fraction of sp³-hybridized carbons (Fsp3) is 0.933. The van der Waals surface area contributed by atoms with Gasteiger partial charge in [0.05, 0.1) is 30.5 Å². The van der Waals surface area contributed by atoms with Crippen LogP contribution >= 0.6 is 0 Å². The van der Waals surface area contributed by atoms with Gasteiger partial charge in [0.15, 0.2) is 0 Å². The zero-order valence-electron chi connectivity index (χ0n) is 11.7. The lowest BCUT2D eigenvalue weighted by Gasteiger charge is -2.36. The highest BCUT2D eigenvalue weighted by Crippen LogP contribution is 2.41. The Bertz CT molecular complexity index is 380. The Balaban J connectivity index is 1.57. The van der Waals surface area contributed by atoms with Gasteiger partial charge in [0.2, 0.25) is 5.91 Å². The molecule has 1 N–H and O–H groups in total. The zero-order valence-corrected chi connectivity index (χ0v) is 11.7. The van der Waals surface area contributed by atoms with E-state index in [1.54, 1.807) is 0 Å². The molecule has 4 fully saturated rings. The summed E-state index contributed by atoms with van der Waals surface area (Å²) < 4.78 is 5.97. The van der Waals surface area contributed by atoms with E-state index in [1.165, 1.54) is 32.1 Å². The van der Waals surface area contributed by atoms with Gasteiger partial charge in [-0.15, -0.1) is 0 Å². The summed E-state index contributed by atoms with van der Waals surface area (Å²) in [5.74, 6) is 0.964. The molecule has 1 amide bonds. The van der Waals surface area contributed by atoms with E-state index >= 15 is 0 Å². The van der Waals surface area contributed by atoms with Crippen molar-refractivity contribution >= 4 is 5.91 Å². The van der Waals surface area contributed by atoms with Gasteiger partial charge < -0.3 is 9.64 Å². The van der Waals surface area contributed by atoms with Crippen LogP contribution in [0.2, 0.25) is 0 Å². The third-order valence-corrected chi connectivity index (χ3v) is 5.62. The van der Waals surface area contributed by atoms with Crippen molar-refractivity contribution in [2.75, 3.05) is 0 Å². The number of carbonyl (C=O) groups excluding carboxylic acids is 1. The number of nitrogens with zero attached hydrogens (tertiary/aromatic N) is 1. The Hall–Kier alpha value is -0.610. The minimum atomic E-state index is -0.00951. The van der Waals surface area contributed by atoms with Crippen molar-refractivity contribution in [2.24, 2.45) is 5.92 Å². The van der Waals surface area contributed by atoms with E-state index in [4.69, 9.17) is 4.74 Å². The Morgan fingerprint density at radius 3 is 2.63 bits per heavy atom. The average molecular weight is 264 g/mol. The van der Waals surface area contributed by atoms with Crippen LogP contribution in [0.15, 0.2) is 0 Å². The van der Waals surface area contributed by atoms with Crippen molar-refractivity contribution in [2.45, 2.75) is 82.3 Å². The lowest BCUT2D eigenvalue weighted by atomic mass is 9.92. The van der Waals surface area contributed by atoms with E-state index in [-0.39, 0.29) is 12.2 Å². The first-order valence-electron chi connectivity index (χ1n) is 7.98. The van der Waals surface area contributed by atoms with Gasteiger partial charge in [0.25, 0.3) is 0 Å². The largest absolute Gasteiger partial charge is 0.373 e. The smallest absolute Gasteiger partial charge is 0.241 e. The second-order valence-electron chi connectivity index (χ2n) is 6.80. The van der Waals surface area contributed by atoms with Crippen molar-refractivity contribution in [1.82, 2.24) is 10.2 Å². The summed E-state index contributed by atoms with van der Waals surface area (Å²) in [7, 11) is 0. The number of nitrogens with one attached hydrogen (secondary N) is 1. The van der Waals surface area contributed by atoms with Gasteiger partial charge in [0, 0.05) is 0 Å². The fourth-order valence-corrected chi connectivity index (χ4v) is 4.68. The Morgan fingerprint density at radius 2 is 2.00 bits per heavy atom. The molecule has 0 spiro atoms. The van der Waals surface area contributed by atoms with Gasteiger partial charge in [-0.2, -0.15) is 0 Å². The molecule has 4 nitrogen and oxygen atoms in total. The molecule has 1 aliphatic carbocycles. The minimum absolute atomic E-state index is 0.00951. The first-order valence-corrected chi connectivity index (χ1v) is 7.98. The molecule has 0 aromatic heterocycles. The maximum absolute atomic E-state index is 12.5. The van der Waals surface area contributed by atoms with Gasteiger partial charge in [-0.25, -0.2) is 0 Å². The Kier molecular flexibility index (Phi) is 2.85. The highest BCUT2D eigenvalue weighted by Gasteiger charge is 2.51. The monoisotopic (exact) mass is 264 g/mol. The standard InChI is InChI=1S/C15H24N2O2/c1-9-15(18)17(12-8-11-6-7-13(12)19-11)14(16-9)10-4-2-3-5-10/h9-14,16H,2-8H2,1H3. The van der Waals surface area contributed by atoms with Crippen LogP contribution in [-0.4, -0.2) is 41.3 Å². The van der Waals surface area contributed by atoms with E-state index < -0.39 is 0 Å². The molecule has 0 aromatic rings. The van der Waals surface area contributed by atoms with Crippen molar-refractivity contribution in [3.63, 3.8) is 0 Å². The normalized spacial score (nSPS) is 46.7. The molecule has 3 aliphatic heterocycles. The molecule has 4 aliphatic rings. The van der Waals surface area contributed by atoms with Crippen molar-refractivity contribution < 1.29 is 9.53 Å². The minimum Gasteiger partial charge on any atom is -0.373 e. The number of carbonyl (C=O) groups is 1. The summed E-state index contributed by atoms with van der Waals surface area (Å²) in [6.45, 7) is 2.01. The summed E-state index contributed by atoms with van der Waals surface area (Å²) in [4.78, 5) is 14.7. The predicted octanol–water partition coefficient (Wildman–Crippen LogP) is 1.64. The van der Waals surface area contributed by atoms with Crippen molar-refractivity contribution in [1.29, 1.82) is 0 Å². The first-order chi connectivity index (χ1) is 9.24. The molecule has 4 rings (SSSR count). The quantitative estimate of drug-likeness (QED) is 0.824. The molecule has 5 unspecified atom stereocenters. The highest BCUT2D eigenvalue weighted by atomic mass is 16.5. The SMILES string of the molecule is CC1NC(C2CCCC2)N(C2CC3CCC2O3)C1=O.